The molecule has 0 atom stereocenters. The summed E-state index contributed by atoms with van der Waals surface area (Å²) in [6.07, 6.45) is 0. The molecule has 0 aliphatic heterocycles. The van der Waals surface area contributed by atoms with Gasteiger partial charge in [0.25, 0.3) is 0 Å². The van der Waals surface area contributed by atoms with Crippen LogP contribution in [0.4, 0.5) is 0 Å². The van der Waals surface area contributed by atoms with Gasteiger partial charge in [-0.25, -0.2) is 15.0 Å². The topological polar surface area (TPSA) is 72.0 Å². The Balaban J connectivity index is 1.30. The minimum Gasteiger partial charge on any atom is -0.505 e. The molecule has 9 aromatic rings. The van der Waals surface area contributed by atoms with Gasteiger partial charge in [0.05, 0.1) is 16.8 Å². The van der Waals surface area contributed by atoms with E-state index in [4.69, 9.17) is 19.4 Å². The van der Waals surface area contributed by atoms with Gasteiger partial charge in [-0.2, -0.15) is 0 Å². The van der Waals surface area contributed by atoms with Crippen molar-refractivity contribution in [2.45, 2.75) is 91.9 Å². The molecule has 7 aromatic carbocycles. The van der Waals surface area contributed by atoms with Crippen LogP contribution < -0.4 is 0 Å². The van der Waals surface area contributed by atoms with E-state index in [-0.39, 0.29) is 28.4 Å². The SMILES string of the molecule is CC(C)c1cccc(C(C)C)c1-c1nc2c(O)c(-c3nc(-c4cccc(-c5cc(C(C)(C)C)cc(C(C)(C)C)c5)c4)c4ccccc4n3)cc(-c3ccccc3-c3ccccc3)c2o1. The van der Waals surface area contributed by atoms with Crippen molar-refractivity contribution < 1.29 is 9.52 Å². The Morgan fingerprint density at radius 2 is 1.06 bits per heavy atom. The first-order valence-electron chi connectivity index (χ1n) is 22.6. The Hall–Kier alpha value is -6.85. The molecule has 0 radical (unpaired) electrons. The highest BCUT2D eigenvalue weighted by atomic mass is 16.4. The standard InChI is InChI=1S/C59H57N3O2/c1-35(2)43-27-19-28-44(36(3)4)51(43)57-62-53-54(63)49(34-48(55(53)64-57)46-25-15-14-24-45(46)37-20-12-11-13-21-37)56-60-50-29-17-16-26-47(50)52(61-56)39-23-18-22-38(30-39)40-31-41(58(5,6)7)33-42(32-40)59(8,9)10/h11-36,63H,1-10H3. The first kappa shape index (κ1) is 42.5. The average Bonchev–Trinajstić information content (AvgIpc) is 3.74. The van der Waals surface area contributed by atoms with E-state index in [1.165, 1.54) is 16.7 Å². The molecule has 0 amide bonds. The summed E-state index contributed by atoms with van der Waals surface area (Å²) in [5.41, 5.74) is 15.8. The van der Waals surface area contributed by atoms with Gasteiger partial charge in [0, 0.05) is 22.1 Å². The van der Waals surface area contributed by atoms with Gasteiger partial charge < -0.3 is 9.52 Å². The summed E-state index contributed by atoms with van der Waals surface area (Å²) in [5.74, 6) is 1.30. The maximum absolute atomic E-state index is 12.6. The zero-order valence-electron chi connectivity index (χ0n) is 38.7. The van der Waals surface area contributed by atoms with Crippen LogP contribution in [-0.2, 0) is 10.8 Å². The number of aromatic nitrogens is 3. The Labute approximate surface area is 377 Å². The molecular weight excluding hydrogens is 783 g/mol. The van der Waals surface area contributed by atoms with E-state index in [9.17, 15) is 5.11 Å². The number of aromatic hydroxyl groups is 1. The second-order valence-electron chi connectivity index (χ2n) is 19.8. The summed E-state index contributed by atoms with van der Waals surface area (Å²) in [7, 11) is 0. The Morgan fingerprint density at radius 3 is 1.72 bits per heavy atom. The molecule has 64 heavy (non-hydrogen) atoms. The van der Waals surface area contributed by atoms with Crippen molar-refractivity contribution in [3.63, 3.8) is 0 Å². The highest BCUT2D eigenvalue weighted by Gasteiger charge is 2.28. The molecule has 0 aliphatic carbocycles. The van der Waals surface area contributed by atoms with Gasteiger partial charge in [-0.15, -0.1) is 0 Å². The molecule has 2 aromatic heterocycles. The number of phenolic OH excluding ortho intramolecular Hbond substituents is 1. The Morgan fingerprint density at radius 1 is 0.484 bits per heavy atom. The maximum Gasteiger partial charge on any atom is 0.228 e. The molecular formula is C59H57N3O2. The molecule has 5 nitrogen and oxygen atoms in total. The fraction of sp³-hybridized carbons (Fsp3) is 0.237. The molecule has 0 aliphatic rings. The second-order valence-corrected chi connectivity index (χ2v) is 19.8. The molecule has 2 heterocycles. The number of nitrogens with zero attached hydrogens (tertiary/aromatic N) is 3. The zero-order valence-corrected chi connectivity index (χ0v) is 38.7. The van der Waals surface area contributed by atoms with Crippen molar-refractivity contribution in [2.75, 3.05) is 0 Å². The monoisotopic (exact) mass is 839 g/mol. The number of rotatable bonds is 8. The normalized spacial score (nSPS) is 12.2. The molecule has 0 spiro atoms. The minimum atomic E-state index is -0.0252. The number of para-hydroxylation sites is 1. The Kier molecular flexibility index (Phi) is 10.9. The summed E-state index contributed by atoms with van der Waals surface area (Å²) >= 11 is 0. The molecule has 0 bridgehead atoms. The largest absolute Gasteiger partial charge is 0.505 e. The molecule has 0 fully saturated rings. The predicted octanol–water partition coefficient (Wildman–Crippen LogP) is 16.3. The lowest BCUT2D eigenvalue weighted by molar-refractivity contribution is 0.482. The Bertz CT molecular complexity index is 3140. The highest BCUT2D eigenvalue weighted by Crippen LogP contribution is 2.47. The van der Waals surface area contributed by atoms with Crippen LogP contribution in [0.25, 0.3) is 89.5 Å². The van der Waals surface area contributed by atoms with Gasteiger partial charge in [0.2, 0.25) is 5.89 Å². The maximum atomic E-state index is 12.6. The van der Waals surface area contributed by atoms with E-state index in [0.29, 0.717) is 28.4 Å². The van der Waals surface area contributed by atoms with Gasteiger partial charge in [-0.05, 0) is 90.9 Å². The first-order valence-corrected chi connectivity index (χ1v) is 22.6. The second kappa shape index (κ2) is 16.4. The number of oxazole rings is 1. The van der Waals surface area contributed by atoms with Crippen molar-refractivity contribution in [1.82, 2.24) is 15.0 Å². The summed E-state index contributed by atoms with van der Waals surface area (Å²) in [5, 5.41) is 13.5. The number of phenols is 1. The van der Waals surface area contributed by atoms with Crippen molar-refractivity contribution >= 4 is 22.0 Å². The fourth-order valence-electron chi connectivity index (χ4n) is 8.86. The van der Waals surface area contributed by atoms with Crippen LogP contribution in [0.5, 0.6) is 5.75 Å². The van der Waals surface area contributed by atoms with Crippen LogP contribution in [0.15, 0.2) is 150 Å². The van der Waals surface area contributed by atoms with Gasteiger partial charge >= 0.3 is 0 Å². The number of hydrogen-bond donors (Lipinski definition) is 1. The molecule has 0 unspecified atom stereocenters. The van der Waals surface area contributed by atoms with E-state index in [1.54, 1.807) is 0 Å². The van der Waals surface area contributed by atoms with Crippen LogP contribution in [0.1, 0.15) is 103 Å². The number of fused-ring (bicyclic) bond motifs is 2. The van der Waals surface area contributed by atoms with Crippen molar-refractivity contribution in [1.29, 1.82) is 0 Å². The van der Waals surface area contributed by atoms with Gasteiger partial charge in [0.15, 0.2) is 22.7 Å². The first-order chi connectivity index (χ1) is 30.6. The number of benzene rings is 7. The van der Waals surface area contributed by atoms with Crippen LogP contribution in [0.2, 0.25) is 0 Å². The van der Waals surface area contributed by atoms with E-state index in [1.807, 2.05) is 36.4 Å². The van der Waals surface area contributed by atoms with Crippen LogP contribution in [0.3, 0.4) is 0 Å². The quantitative estimate of drug-likeness (QED) is 0.165. The fourth-order valence-corrected chi connectivity index (χ4v) is 8.86. The third-order valence-corrected chi connectivity index (χ3v) is 12.5. The van der Waals surface area contributed by atoms with Crippen LogP contribution in [-0.4, -0.2) is 20.1 Å². The van der Waals surface area contributed by atoms with Crippen molar-refractivity contribution in [3.05, 3.63) is 168 Å². The van der Waals surface area contributed by atoms with Gasteiger partial charge in [0.1, 0.15) is 0 Å². The van der Waals surface area contributed by atoms with Gasteiger partial charge in [-0.1, -0.05) is 197 Å². The zero-order chi connectivity index (χ0) is 45.1. The summed E-state index contributed by atoms with van der Waals surface area (Å²) in [6.45, 7) is 22.4. The lowest BCUT2D eigenvalue weighted by Crippen LogP contribution is -2.16. The summed E-state index contributed by atoms with van der Waals surface area (Å²) in [6, 6.07) is 50.9. The molecule has 1 N–H and O–H groups in total. The molecule has 0 saturated heterocycles. The van der Waals surface area contributed by atoms with Crippen LogP contribution >= 0.6 is 0 Å². The number of hydrogen-bond acceptors (Lipinski definition) is 5. The highest BCUT2D eigenvalue weighted by molar-refractivity contribution is 6.04. The lowest BCUT2D eigenvalue weighted by Gasteiger charge is -2.26. The average molecular weight is 840 g/mol. The van der Waals surface area contributed by atoms with Crippen molar-refractivity contribution in [3.8, 4) is 73.2 Å². The van der Waals surface area contributed by atoms with E-state index >= 15 is 0 Å². The van der Waals surface area contributed by atoms with E-state index in [2.05, 4.69) is 178 Å². The molecule has 0 saturated carbocycles. The molecule has 320 valence electrons. The van der Waals surface area contributed by atoms with E-state index in [0.717, 1.165) is 66.7 Å². The third-order valence-electron chi connectivity index (χ3n) is 12.5. The van der Waals surface area contributed by atoms with Crippen LogP contribution in [0, 0.1) is 0 Å². The van der Waals surface area contributed by atoms with E-state index < -0.39 is 0 Å². The third kappa shape index (κ3) is 7.89. The molecule has 5 heteroatoms. The van der Waals surface area contributed by atoms with Crippen molar-refractivity contribution in [2.24, 2.45) is 0 Å². The lowest BCUT2D eigenvalue weighted by atomic mass is 9.79. The van der Waals surface area contributed by atoms with Gasteiger partial charge in [-0.3, -0.25) is 0 Å². The predicted molar refractivity (Wildman–Crippen MR) is 267 cm³/mol. The summed E-state index contributed by atoms with van der Waals surface area (Å²) in [4.78, 5) is 15.8. The summed E-state index contributed by atoms with van der Waals surface area (Å²) < 4.78 is 6.95. The smallest absolute Gasteiger partial charge is 0.228 e. The minimum absolute atomic E-state index is 0.0198. The molecule has 9 rings (SSSR count).